The Morgan fingerprint density at radius 2 is 1.80 bits per heavy atom. The predicted molar refractivity (Wildman–Crippen MR) is 78.7 cm³/mol. The SMILES string of the molecule is CC(N)c1ccc(S(=O)(=O)N(CC2CC2)C2CC2)cc1. The van der Waals surface area contributed by atoms with Gasteiger partial charge in [-0.1, -0.05) is 12.1 Å². The molecule has 1 aromatic rings. The van der Waals surface area contributed by atoms with E-state index in [0.29, 0.717) is 17.4 Å². The molecule has 0 aromatic heterocycles. The predicted octanol–water partition coefficient (Wildman–Crippen LogP) is 2.27. The summed E-state index contributed by atoms with van der Waals surface area (Å²) in [5.41, 5.74) is 6.77. The van der Waals surface area contributed by atoms with Gasteiger partial charge in [-0.25, -0.2) is 8.42 Å². The van der Waals surface area contributed by atoms with Crippen LogP contribution in [0.15, 0.2) is 29.2 Å². The lowest BCUT2D eigenvalue weighted by molar-refractivity contribution is 0.389. The fourth-order valence-electron chi connectivity index (χ4n) is 2.44. The smallest absolute Gasteiger partial charge is 0.243 e. The monoisotopic (exact) mass is 294 g/mol. The van der Waals surface area contributed by atoms with Crippen LogP contribution in [-0.4, -0.2) is 25.3 Å². The summed E-state index contributed by atoms with van der Waals surface area (Å²) in [5, 5.41) is 0. The Kier molecular flexibility index (Phi) is 3.60. The van der Waals surface area contributed by atoms with Crippen molar-refractivity contribution in [3.63, 3.8) is 0 Å². The second-order valence-corrected chi connectivity index (χ2v) is 8.00. The van der Waals surface area contributed by atoms with Crippen molar-refractivity contribution in [2.45, 2.75) is 49.6 Å². The molecule has 1 unspecified atom stereocenters. The van der Waals surface area contributed by atoms with Gasteiger partial charge in [0.1, 0.15) is 0 Å². The molecule has 1 aromatic carbocycles. The maximum absolute atomic E-state index is 12.8. The molecule has 0 spiro atoms. The standard InChI is InChI=1S/C15H22N2O2S/c1-11(16)13-4-8-15(9-5-13)20(18,19)17(14-6-7-14)10-12-2-3-12/h4-5,8-9,11-12,14H,2-3,6-7,10,16H2,1H3. The van der Waals surface area contributed by atoms with Crippen LogP contribution in [0.5, 0.6) is 0 Å². The van der Waals surface area contributed by atoms with Crippen molar-refractivity contribution in [2.24, 2.45) is 11.7 Å². The van der Waals surface area contributed by atoms with Crippen molar-refractivity contribution in [1.29, 1.82) is 0 Å². The molecule has 0 heterocycles. The number of benzene rings is 1. The third-order valence-corrected chi connectivity index (χ3v) is 6.03. The number of nitrogens with two attached hydrogens (primary N) is 1. The van der Waals surface area contributed by atoms with E-state index in [1.807, 2.05) is 19.1 Å². The minimum atomic E-state index is -3.34. The van der Waals surface area contributed by atoms with Crippen LogP contribution in [0.3, 0.4) is 0 Å². The minimum Gasteiger partial charge on any atom is -0.324 e. The van der Waals surface area contributed by atoms with Crippen molar-refractivity contribution < 1.29 is 8.42 Å². The molecule has 0 bridgehead atoms. The number of rotatable bonds is 6. The van der Waals surface area contributed by atoms with Gasteiger partial charge in [0.25, 0.3) is 0 Å². The van der Waals surface area contributed by atoms with E-state index in [0.717, 1.165) is 18.4 Å². The Morgan fingerprint density at radius 3 is 2.25 bits per heavy atom. The van der Waals surface area contributed by atoms with Crippen molar-refractivity contribution in [3.8, 4) is 0 Å². The van der Waals surface area contributed by atoms with Gasteiger partial charge < -0.3 is 5.73 Å². The Balaban J connectivity index is 1.84. The Hall–Kier alpha value is -0.910. The van der Waals surface area contributed by atoms with E-state index in [1.54, 1.807) is 16.4 Å². The summed E-state index contributed by atoms with van der Waals surface area (Å²) in [6.45, 7) is 2.59. The summed E-state index contributed by atoms with van der Waals surface area (Å²) in [6, 6.07) is 7.18. The highest BCUT2D eigenvalue weighted by Gasteiger charge is 2.41. The van der Waals surface area contributed by atoms with E-state index in [4.69, 9.17) is 5.73 Å². The van der Waals surface area contributed by atoms with Crippen LogP contribution in [0.25, 0.3) is 0 Å². The van der Waals surface area contributed by atoms with Crippen LogP contribution >= 0.6 is 0 Å². The van der Waals surface area contributed by atoms with Gasteiger partial charge in [0, 0.05) is 18.6 Å². The molecule has 2 aliphatic rings. The summed E-state index contributed by atoms with van der Waals surface area (Å²) < 4.78 is 27.2. The van der Waals surface area contributed by atoms with Crippen LogP contribution in [0.2, 0.25) is 0 Å². The summed E-state index contributed by atoms with van der Waals surface area (Å²) >= 11 is 0. The van der Waals surface area contributed by atoms with E-state index in [2.05, 4.69) is 0 Å². The third-order valence-electron chi connectivity index (χ3n) is 4.10. The molecule has 2 fully saturated rings. The van der Waals surface area contributed by atoms with Crippen LogP contribution in [-0.2, 0) is 10.0 Å². The lowest BCUT2D eigenvalue weighted by Gasteiger charge is -2.22. The van der Waals surface area contributed by atoms with E-state index in [9.17, 15) is 8.42 Å². The first-order chi connectivity index (χ1) is 9.48. The highest BCUT2D eigenvalue weighted by atomic mass is 32.2. The van der Waals surface area contributed by atoms with Gasteiger partial charge in [0.15, 0.2) is 0 Å². The van der Waals surface area contributed by atoms with Crippen molar-refractivity contribution in [2.75, 3.05) is 6.54 Å². The summed E-state index contributed by atoms with van der Waals surface area (Å²) in [6.07, 6.45) is 4.35. The highest BCUT2D eigenvalue weighted by molar-refractivity contribution is 7.89. The van der Waals surface area contributed by atoms with Gasteiger partial charge in [-0.15, -0.1) is 0 Å². The highest BCUT2D eigenvalue weighted by Crippen LogP contribution is 2.38. The van der Waals surface area contributed by atoms with Crippen LogP contribution < -0.4 is 5.73 Å². The maximum atomic E-state index is 12.8. The topological polar surface area (TPSA) is 63.4 Å². The molecular formula is C15H22N2O2S. The molecule has 3 rings (SSSR count). The molecule has 0 aliphatic heterocycles. The van der Waals surface area contributed by atoms with E-state index < -0.39 is 10.0 Å². The van der Waals surface area contributed by atoms with Crippen molar-refractivity contribution in [1.82, 2.24) is 4.31 Å². The lowest BCUT2D eigenvalue weighted by atomic mass is 10.1. The minimum absolute atomic E-state index is 0.0715. The number of sulfonamides is 1. The molecule has 20 heavy (non-hydrogen) atoms. The zero-order valence-corrected chi connectivity index (χ0v) is 12.6. The molecule has 5 heteroatoms. The lowest BCUT2D eigenvalue weighted by Crippen LogP contribution is -2.34. The Labute approximate surface area is 121 Å². The van der Waals surface area contributed by atoms with Crippen LogP contribution in [0.4, 0.5) is 0 Å². The largest absolute Gasteiger partial charge is 0.324 e. The molecule has 0 amide bonds. The molecule has 4 nitrogen and oxygen atoms in total. The van der Waals surface area contributed by atoms with Crippen molar-refractivity contribution in [3.05, 3.63) is 29.8 Å². The molecule has 1 atom stereocenters. The van der Waals surface area contributed by atoms with Crippen LogP contribution in [0.1, 0.15) is 44.2 Å². The van der Waals surface area contributed by atoms with Gasteiger partial charge in [0.05, 0.1) is 4.90 Å². The first kappa shape index (κ1) is 14.0. The summed E-state index contributed by atoms with van der Waals surface area (Å²) in [5.74, 6) is 0.578. The Bertz CT molecular complexity index is 572. The number of hydrogen-bond donors (Lipinski definition) is 1. The average Bonchev–Trinajstić information content (AvgIpc) is 3.27. The number of hydrogen-bond acceptors (Lipinski definition) is 3. The third kappa shape index (κ3) is 2.90. The fourth-order valence-corrected chi connectivity index (χ4v) is 4.20. The molecular weight excluding hydrogens is 272 g/mol. The van der Waals surface area contributed by atoms with Gasteiger partial charge in [-0.3, -0.25) is 0 Å². The first-order valence-corrected chi connectivity index (χ1v) is 8.80. The summed E-state index contributed by atoms with van der Waals surface area (Å²) in [4.78, 5) is 0.398. The zero-order chi connectivity index (χ0) is 14.3. The quantitative estimate of drug-likeness (QED) is 0.875. The molecule has 0 saturated heterocycles. The van der Waals surface area contributed by atoms with Crippen LogP contribution in [0, 0.1) is 5.92 Å². The molecule has 2 N–H and O–H groups in total. The van der Waals surface area contributed by atoms with Gasteiger partial charge in [0.2, 0.25) is 10.0 Å². The first-order valence-electron chi connectivity index (χ1n) is 7.36. The van der Waals surface area contributed by atoms with Crippen molar-refractivity contribution >= 4 is 10.0 Å². The maximum Gasteiger partial charge on any atom is 0.243 e. The Morgan fingerprint density at radius 1 is 1.20 bits per heavy atom. The average molecular weight is 294 g/mol. The second kappa shape index (κ2) is 5.13. The molecule has 110 valence electrons. The van der Waals surface area contributed by atoms with E-state index in [-0.39, 0.29) is 12.1 Å². The fraction of sp³-hybridized carbons (Fsp3) is 0.600. The van der Waals surface area contributed by atoms with Gasteiger partial charge >= 0.3 is 0 Å². The van der Waals surface area contributed by atoms with E-state index in [1.165, 1.54) is 12.8 Å². The second-order valence-electron chi connectivity index (χ2n) is 6.11. The molecule has 2 aliphatic carbocycles. The number of nitrogens with zero attached hydrogens (tertiary/aromatic N) is 1. The van der Waals surface area contributed by atoms with E-state index >= 15 is 0 Å². The van der Waals surface area contributed by atoms with Gasteiger partial charge in [-0.05, 0) is 56.2 Å². The summed E-state index contributed by atoms with van der Waals surface area (Å²) in [7, 11) is -3.34. The zero-order valence-electron chi connectivity index (χ0n) is 11.8. The van der Waals surface area contributed by atoms with Gasteiger partial charge in [-0.2, -0.15) is 4.31 Å². The normalized spacial score (nSPS) is 21.1. The molecule has 2 saturated carbocycles. The molecule has 0 radical (unpaired) electrons.